The summed E-state index contributed by atoms with van der Waals surface area (Å²) in [5.74, 6) is 4.01. The first-order valence-corrected chi connectivity index (χ1v) is 12.2. The van der Waals surface area contributed by atoms with Crippen molar-refractivity contribution in [3.63, 3.8) is 0 Å². The van der Waals surface area contributed by atoms with E-state index in [1.165, 1.54) is 11.1 Å². The first kappa shape index (κ1) is 22.4. The van der Waals surface area contributed by atoms with E-state index in [0.717, 1.165) is 74.3 Å². The maximum atomic E-state index is 5.52. The summed E-state index contributed by atoms with van der Waals surface area (Å²) in [6.07, 6.45) is 2.54. The second-order valence-electron chi connectivity index (χ2n) is 8.95. The summed E-state index contributed by atoms with van der Waals surface area (Å²) in [5, 5.41) is 3.48. The third-order valence-corrected chi connectivity index (χ3v) is 6.64. The number of imidazole rings is 1. The van der Waals surface area contributed by atoms with Crippen LogP contribution in [0.15, 0.2) is 48.8 Å². The van der Waals surface area contributed by atoms with E-state index in [2.05, 4.69) is 49.4 Å². The van der Waals surface area contributed by atoms with Crippen molar-refractivity contribution in [3.05, 3.63) is 59.9 Å². The van der Waals surface area contributed by atoms with Crippen LogP contribution in [0.2, 0.25) is 0 Å². The number of H-pyrrole nitrogens is 1. The van der Waals surface area contributed by atoms with Crippen molar-refractivity contribution in [3.8, 4) is 17.2 Å². The van der Waals surface area contributed by atoms with E-state index >= 15 is 0 Å². The minimum atomic E-state index is 0.302. The summed E-state index contributed by atoms with van der Waals surface area (Å²) in [7, 11) is 1.68. The number of piperazine rings is 1. The summed E-state index contributed by atoms with van der Waals surface area (Å²) < 4.78 is 16.2. The number of benzene rings is 2. The van der Waals surface area contributed by atoms with E-state index in [1.54, 1.807) is 13.4 Å². The van der Waals surface area contributed by atoms with Crippen LogP contribution in [0.1, 0.15) is 11.1 Å². The second kappa shape index (κ2) is 9.90. The van der Waals surface area contributed by atoms with Crippen LogP contribution in [-0.4, -0.2) is 71.5 Å². The van der Waals surface area contributed by atoms with Crippen molar-refractivity contribution in [1.82, 2.24) is 24.8 Å². The predicted octanol–water partition coefficient (Wildman–Crippen LogP) is 3.07. The van der Waals surface area contributed by atoms with Gasteiger partial charge in [0.15, 0.2) is 23.0 Å². The number of fused-ring (bicyclic) bond motifs is 2. The number of ether oxygens (including phenoxy) is 3. The topological polar surface area (TPSA) is 101 Å². The molecule has 0 amide bonds. The van der Waals surface area contributed by atoms with Gasteiger partial charge in [0.1, 0.15) is 11.3 Å². The summed E-state index contributed by atoms with van der Waals surface area (Å²) in [5.41, 5.74) is 3.96. The van der Waals surface area contributed by atoms with E-state index in [9.17, 15) is 0 Å². The number of aromatic amines is 1. The molecule has 6 rings (SSSR count). The van der Waals surface area contributed by atoms with Gasteiger partial charge in [0, 0.05) is 39.3 Å². The van der Waals surface area contributed by atoms with Gasteiger partial charge < -0.3 is 29.4 Å². The molecular formula is C26H29N7O3. The fourth-order valence-electron chi connectivity index (χ4n) is 4.61. The van der Waals surface area contributed by atoms with Crippen LogP contribution in [-0.2, 0) is 13.0 Å². The van der Waals surface area contributed by atoms with E-state index in [-0.39, 0.29) is 0 Å². The van der Waals surface area contributed by atoms with Gasteiger partial charge in [-0.15, -0.1) is 0 Å². The molecule has 2 aromatic carbocycles. The zero-order chi connectivity index (χ0) is 24.3. The highest BCUT2D eigenvalue weighted by Crippen LogP contribution is 2.33. The van der Waals surface area contributed by atoms with Gasteiger partial charge in [-0.05, 0) is 41.8 Å². The molecule has 2 aliphatic heterocycles. The van der Waals surface area contributed by atoms with Gasteiger partial charge >= 0.3 is 0 Å². The Labute approximate surface area is 209 Å². The highest BCUT2D eigenvalue weighted by molar-refractivity contribution is 5.83. The van der Waals surface area contributed by atoms with E-state index < -0.39 is 0 Å². The predicted molar refractivity (Wildman–Crippen MR) is 137 cm³/mol. The Morgan fingerprint density at radius 2 is 1.78 bits per heavy atom. The number of nitrogens with one attached hydrogen (secondary N) is 2. The molecule has 2 N–H and O–H groups in total. The summed E-state index contributed by atoms with van der Waals surface area (Å²) >= 11 is 0. The molecule has 0 unspecified atom stereocenters. The SMILES string of the molecule is COc1ccc(CCNc2nc(N3CCN(Cc4ccc5c(c4)OCO5)CC3)nc3nc[nH]c23)cc1. The van der Waals surface area contributed by atoms with Crippen molar-refractivity contribution >= 4 is 22.9 Å². The molecule has 0 atom stereocenters. The molecule has 0 spiro atoms. The van der Waals surface area contributed by atoms with Crippen molar-refractivity contribution in [2.45, 2.75) is 13.0 Å². The van der Waals surface area contributed by atoms with Crippen molar-refractivity contribution in [1.29, 1.82) is 0 Å². The molecule has 10 nitrogen and oxygen atoms in total. The van der Waals surface area contributed by atoms with E-state index in [4.69, 9.17) is 24.2 Å². The molecule has 186 valence electrons. The molecule has 2 aliphatic rings. The standard InChI is InChI=1S/C26H29N7O3/c1-34-20-5-2-18(3-6-20)8-9-27-24-23-25(29-16-28-23)31-26(30-24)33-12-10-32(11-13-33)15-19-4-7-21-22(14-19)36-17-35-21/h2-7,14,16H,8-13,15,17H2,1H3,(H2,27,28,29,30,31). The third-order valence-electron chi connectivity index (χ3n) is 6.64. The maximum Gasteiger partial charge on any atom is 0.231 e. The number of rotatable bonds is 8. The van der Waals surface area contributed by atoms with Crippen LogP contribution in [0, 0.1) is 0 Å². The number of aromatic nitrogens is 4. The lowest BCUT2D eigenvalue weighted by Gasteiger charge is -2.34. The van der Waals surface area contributed by atoms with Gasteiger partial charge in [-0.3, -0.25) is 4.90 Å². The zero-order valence-electron chi connectivity index (χ0n) is 20.2. The number of nitrogens with zero attached hydrogens (tertiary/aromatic N) is 5. The highest BCUT2D eigenvalue weighted by Gasteiger charge is 2.22. The quantitative estimate of drug-likeness (QED) is 0.388. The monoisotopic (exact) mass is 487 g/mol. The lowest BCUT2D eigenvalue weighted by molar-refractivity contribution is 0.174. The van der Waals surface area contributed by atoms with E-state index in [0.29, 0.717) is 18.4 Å². The number of anilines is 2. The summed E-state index contributed by atoms with van der Waals surface area (Å²) in [6, 6.07) is 14.3. The van der Waals surface area contributed by atoms with Crippen molar-refractivity contribution in [2.24, 2.45) is 0 Å². The highest BCUT2D eigenvalue weighted by atomic mass is 16.7. The molecule has 0 bridgehead atoms. The average molecular weight is 488 g/mol. The van der Waals surface area contributed by atoms with Gasteiger partial charge in [-0.2, -0.15) is 9.97 Å². The van der Waals surface area contributed by atoms with Gasteiger partial charge in [-0.25, -0.2) is 4.98 Å². The number of methoxy groups -OCH3 is 1. The van der Waals surface area contributed by atoms with Gasteiger partial charge in [0.05, 0.1) is 13.4 Å². The maximum absolute atomic E-state index is 5.52. The Kier molecular flexibility index (Phi) is 6.17. The Morgan fingerprint density at radius 3 is 2.61 bits per heavy atom. The zero-order valence-corrected chi connectivity index (χ0v) is 20.2. The Balaban J connectivity index is 1.09. The first-order chi connectivity index (χ1) is 17.7. The second-order valence-corrected chi connectivity index (χ2v) is 8.95. The molecule has 36 heavy (non-hydrogen) atoms. The van der Waals surface area contributed by atoms with Crippen LogP contribution in [0.4, 0.5) is 11.8 Å². The van der Waals surface area contributed by atoms with E-state index in [1.807, 2.05) is 18.2 Å². The molecule has 4 heterocycles. The first-order valence-electron chi connectivity index (χ1n) is 12.2. The molecule has 1 fully saturated rings. The Morgan fingerprint density at radius 1 is 0.972 bits per heavy atom. The minimum Gasteiger partial charge on any atom is -0.497 e. The molecular weight excluding hydrogens is 458 g/mol. The number of hydrogen-bond acceptors (Lipinski definition) is 9. The summed E-state index contributed by atoms with van der Waals surface area (Å²) in [4.78, 5) is 21.8. The number of hydrogen-bond donors (Lipinski definition) is 2. The van der Waals surface area contributed by atoms with Gasteiger partial charge in [0.25, 0.3) is 0 Å². The molecule has 0 aliphatic carbocycles. The molecule has 2 aromatic heterocycles. The molecule has 1 saturated heterocycles. The van der Waals surface area contributed by atoms with Crippen LogP contribution in [0.3, 0.4) is 0 Å². The average Bonchev–Trinajstić information content (AvgIpc) is 3.59. The normalized spacial score (nSPS) is 15.4. The summed E-state index contributed by atoms with van der Waals surface area (Å²) in [6.45, 7) is 5.49. The van der Waals surface area contributed by atoms with Crippen LogP contribution in [0.5, 0.6) is 17.2 Å². The van der Waals surface area contributed by atoms with Crippen LogP contribution >= 0.6 is 0 Å². The van der Waals surface area contributed by atoms with Gasteiger partial charge in [0.2, 0.25) is 12.7 Å². The van der Waals surface area contributed by atoms with Gasteiger partial charge in [-0.1, -0.05) is 18.2 Å². The van der Waals surface area contributed by atoms with Crippen molar-refractivity contribution in [2.75, 3.05) is 56.8 Å². The smallest absolute Gasteiger partial charge is 0.231 e. The molecule has 0 saturated carbocycles. The van der Waals surface area contributed by atoms with Crippen LogP contribution < -0.4 is 24.4 Å². The fraction of sp³-hybridized carbons (Fsp3) is 0.346. The Hall–Kier alpha value is -4.05. The minimum absolute atomic E-state index is 0.302. The fourth-order valence-corrected chi connectivity index (χ4v) is 4.61. The lowest BCUT2D eigenvalue weighted by Crippen LogP contribution is -2.46. The molecule has 4 aromatic rings. The largest absolute Gasteiger partial charge is 0.497 e. The molecule has 0 radical (unpaired) electrons. The molecule has 10 heteroatoms. The van der Waals surface area contributed by atoms with Crippen LogP contribution in [0.25, 0.3) is 11.2 Å². The Bertz CT molecular complexity index is 1330. The van der Waals surface area contributed by atoms with Crippen molar-refractivity contribution < 1.29 is 14.2 Å². The lowest BCUT2D eigenvalue weighted by atomic mass is 10.1. The third kappa shape index (κ3) is 4.72.